The molecule has 1 atom stereocenters. The molecule has 1 heterocycles. The van der Waals surface area contributed by atoms with Crippen LogP contribution in [0.15, 0.2) is 30.3 Å². The third kappa shape index (κ3) is 7.12. The molecule has 0 bridgehead atoms. The van der Waals surface area contributed by atoms with Crippen LogP contribution in [0.5, 0.6) is 0 Å². The Morgan fingerprint density at radius 2 is 1.88 bits per heavy atom. The van der Waals surface area contributed by atoms with Crippen LogP contribution in [-0.4, -0.2) is 68.8 Å². The quantitative estimate of drug-likeness (QED) is 0.715. The molecule has 0 aromatic heterocycles. The highest BCUT2D eigenvalue weighted by Crippen LogP contribution is 2.07. The molecule has 1 aliphatic heterocycles. The number of amides is 2. The van der Waals surface area contributed by atoms with Crippen molar-refractivity contribution in [3.8, 4) is 0 Å². The topological polar surface area (TPSA) is 79.9 Å². The Balaban J connectivity index is 1.91. The summed E-state index contributed by atoms with van der Waals surface area (Å²) in [6.07, 6.45) is 0. The highest BCUT2D eigenvalue weighted by Gasteiger charge is 2.24. The monoisotopic (exact) mass is 357 g/mol. The zero-order valence-electron chi connectivity index (χ0n) is 13.6. The van der Waals surface area contributed by atoms with Crippen LogP contribution in [0.1, 0.15) is 0 Å². The van der Waals surface area contributed by atoms with Gasteiger partial charge in [0.1, 0.15) is 6.04 Å². The Morgan fingerprint density at radius 1 is 1.20 bits per heavy atom. The number of hydrogen-bond donors (Lipinski definition) is 2. The smallest absolute Gasteiger partial charge is 0.345 e. The van der Waals surface area contributed by atoms with Crippen LogP contribution < -0.4 is 10.6 Å². The van der Waals surface area contributed by atoms with Crippen molar-refractivity contribution < 1.29 is 27.8 Å². The lowest BCUT2D eigenvalue weighted by molar-refractivity contribution is -0.145. The molecular formula is C16H21F2N3O4. The molecule has 1 aromatic carbocycles. The van der Waals surface area contributed by atoms with Crippen molar-refractivity contribution in [3.05, 3.63) is 30.3 Å². The predicted octanol–water partition coefficient (Wildman–Crippen LogP) is 0.681. The molecule has 2 N–H and O–H groups in total. The highest BCUT2D eigenvalue weighted by atomic mass is 19.3. The number of alkyl halides is 2. The fourth-order valence-electron chi connectivity index (χ4n) is 2.31. The Labute approximate surface area is 144 Å². The minimum absolute atomic E-state index is 0.0627. The molecule has 138 valence electrons. The molecule has 0 spiro atoms. The summed E-state index contributed by atoms with van der Waals surface area (Å²) in [5, 5.41) is 5.01. The van der Waals surface area contributed by atoms with Crippen molar-refractivity contribution in [2.45, 2.75) is 12.7 Å². The number of benzene rings is 1. The lowest BCUT2D eigenvalue weighted by Crippen LogP contribution is -2.51. The molecule has 1 aliphatic rings. The molecule has 0 aliphatic carbocycles. The molecule has 1 aromatic rings. The second kappa shape index (κ2) is 10.0. The van der Waals surface area contributed by atoms with E-state index in [-0.39, 0.29) is 6.54 Å². The number of nitrogens with zero attached hydrogens (tertiary/aromatic N) is 1. The SMILES string of the molecule is O=C(CN1CCOCC1)N[C@@H](COC(F)F)C(=O)Nc1ccccc1. The van der Waals surface area contributed by atoms with E-state index in [1.807, 2.05) is 4.90 Å². The maximum Gasteiger partial charge on any atom is 0.345 e. The molecule has 0 saturated carbocycles. The van der Waals surface area contributed by atoms with Crippen LogP contribution in [0.2, 0.25) is 0 Å². The molecule has 1 fully saturated rings. The van der Waals surface area contributed by atoms with E-state index in [0.717, 1.165) is 0 Å². The van der Waals surface area contributed by atoms with E-state index in [9.17, 15) is 18.4 Å². The van der Waals surface area contributed by atoms with E-state index in [2.05, 4.69) is 15.4 Å². The average Bonchev–Trinajstić information content (AvgIpc) is 2.60. The normalized spacial score (nSPS) is 16.4. The number of carbonyl (C=O) groups excluding carboxylic acids is 2. The molecule has 9 heteroatoms. The van der Waals surface area contributed by atoms with Crippen molar-refractivity contribution in [1.82, 2.24) is 10.2 Å². The van der Waals surface area contributed by atoms with Crippen molar-refractivity contribution in [1.29, 1.82) is 0 Å². The van der Waals surface area contributed by atoms with Gasteiger partial charge in [-0.1, -0.05) is 18.2 Å². The van der Waals surface area contributed by atoms with E-state index in [0.29, 0.717) is 32.0 Å². The zero-order valence-corrected chi connectivity index (χ0v) is 13.6. The van der Waals surface area contributed by atoms with Gasteiger partial charge in [0.05, 0.1) is 26.4 Å². The van der Waals surface area contributed by atoms with E-state index < -0.39 is 31.1 Å². The minimum Gasteiger partial charge on any atom is -0.379 e. The maximum atomic E-state index is 12.3. The van der Waals surface area contributed by atoms with Crippen molar-refractivity contribution in [3.63, 3.8) is 0 Å². The van der Waals surface area contributed by atoms with Crippen LogP contribution in [-0.2, 0) is 19.1 Å². The van der Waals surface area contributed by atoms with Gasteiger partial charge in [-0.2, -0.15) is 8.78 Å². The van der Waals surface area contributed by atoms with Crippen LogP contribution in [0.3, 0.4) is 0 Å². The van der Waals surface area contributed by atoms with Gasteiger partial charge in [0, 0.05) is 18.8 Å². The van der Waals surface area contributed by atoms with Gasteiger partial charge >= 0.3 is 6.61 Å². The Kier molecular flexibility index (Phi) is 7.71. The lowest BCUT2D eigenvalue weighted by Gasteiger charge is -2.27. The van der Waals surface area contributed by atoms with Crippen molar-refractivity contribution >= 4 is 17.5 Å². The summed E-state index contributed by atoms with van der Waals surface area (Å²) in [4.78, 5) is 26.2. The number of para-hydroxylation sites is 1. The van der Waals surface area contributed by atoms with Crippen LogP contribution >= 0.6 is 0 Å². The van der Waals surface area contributed by atoms with Gasteiger partial charge in [0.15, 0.2) is 0 Å². The predicted molar refractivity (Wildman–Crippen MR) is 86.2 cm³/mol. The first-order valence-electron chi connectivity index (χ1n) is 7.89. The Hall–Kier alpha value is -2.10. The van der Waals surface area contributed by atoms with Gasteiger partial charge in [0.2, 0.25) is 11.8 Å². The third-order valence-electron chi connectivity index (χ3n) is 3.55. The number of anilines is 1. The fraction of sp³-hybridized carbons (Fsp3) is 0.500. The van der Waals surface area contributed by atoms with Gasteiger partial charge < -0.3 is 20.1 Å². The summed E-state index contributed by atoms with van der Waals surface area (Å²) in [6.45, 7) is -1.33. The van der Waals surface area contributed by atoms with E-state index in [1.165, 1.54) is 0 Å². The molecule has 2 rings (SSSR count). The molecule has 2 amide bonds. The fourth-order valence-corrected chi connectivity index (χ4v) is 2.31. The number of morpholine rings is 1. The summed E-state index contributed by atoms with van der Waals surface area (Å²) in [5.74, 6) is -1.06. The van der Waals surface area contributed by atoms with Gasteiger partial charge in [-0.25, -0.2) is 0 Å². The number of rotatable bonds is 8. The summed E-state index contributed by atoms with van der Waals surface area (Å²) in [5.41, 5.74) is 0.497. The van der Waals surface area contributed by atoms with E-state index >= 15 is 0 Å². The molecule has 7 nitrogen and oxygen atoms in total. The largest absolute Gasteiger partial charge is 0.379 e. The van der Waals surface area contributed by atoms with E-state index in [4.69, 9.17) is 4.74 Å². The first-order chi connectivity index (χ1) is 12.0. The van der Waals surface area contributed by atoms with Crippen LogP contribution in [0.25, 0.3) is 0 Å². The number of nitrogens with one attached hydrogen (secondary N) is 2. The third-order valence-corrected chi connectivity index (χ3v) is 3.55. The Morgan fingerprint density at radius 3 is 2.52 bits per heavy atom. The molecular weight excluding hydrogens is 336 g/mol. The lowest BCUT2D eigenvalue weighted by atomic mass is 10.2. The van der Waals surface area contributed by atoms with Crippen molar-refractivity contribution in [2.75, 3.05) is 44.8 Å². The highest BCUT2D eigenvalue weighted by molar-refractivity contribution is 5.97. The maximum absolute atomic E-state index is 12.3. The minimum atomic E-state index is -3.02. The molecule has 1 saturated heterocycles. The van der Waals surface area contributed by atoms with Crippen LogP contribution in [0.4, 0.5) is 14.5 Å². The summed E-state index contributed by atoms with van der Waals surface area (Å²) in [7, 11) is 0. The number of halogens is 2. The van der Waals surface area contributed by atoms with Gasteiger partial charge in [0.25, 0.3) is 0 Å². The average molecular weight is 357 g/mol. The number of ether oxygens (including phenoxy) is 2. The second-order valence-electron chi connectivity index (χ2n) is 5.46. The van der Waals surface area contributed by atoms with Crippen molar-refractivity contribution in [2.24, 2.45) is 0 Å². The first-order valence-corrected chi connectivity index (χ1v) is 7.89. The van der Waals surface area contributed by atoms with Gasteiger partial charge in [-0.05, 0) is 12.1 Å². The standard InChI is InChI=1S/C16H21F2N3O4/c17-16(18)25-11-13(15(23)19-12-4-2-1-3-5-12)20-14(22)10-21-6-8-24-9-7-21/h1-5,13,16H,6-11H2,(H,19,23)(H,20,22)/t13-/m0/s1. The molecule has 0 radical (unpaired) electrons. The first kappa shape index (κ1) is 19.2. The molecule has 25 heavy (non-hydrogen) atoms. The zero-order chi connectivity index (χ0) is 18.1. The number of carbonyl (C=O) groups is 2. The summed E-state index contributed by atoms with van der Waals surface area (Å²) < 4.78 is 34.0. The molecule has 0 unspecified atom stereocenters. The summed E-state index contributed by atoms with van der Waals surface area (Å²) in [6, 6.07) is 7.30. The number of hydrogen-bond acceptors (Lipinski definition) is 5. The summed E-state index contributed by atoms with van der Waals surface area (Å²) >= 11 is 0. The van der Waals surface area contributed by atoms with Crippen LogP contribution in [0, 0.1) is 0 Å². The second-order valence-corrected chi connectivity index (χ2v) is 5.46. The van der Waals surface area contributed by atoms with Gasteiger partial charge in [-0.3, -0.25) is 14.5 Å². The van der Waals surface area contributed by atoms with Gasteiger partial charge in [-0.15, -0.1) is 0 Å². The Bertz CT molecular complexity index is 554. The van der Waals surface area contributed by atoms with E-state index in [1.54, 1.807) is 30.3 Å².